The maximum absolute atomic E-state index is 12.7. The summed E-state index contributed by atoms with van der Waals surface area (Å²) in [7, 11) is 0. The number of nitrogen functional groups attached to an aromatic ring is 1. The van der Waals surface area contributed by atoms with Gasteiger partial charge in [-0.25, -0.2) is 4.79 Å². The van der Waals surface area contributed by atoms with Crippen molar-refractivity contribution >= 4 is 17.4 Å². The summed E-state index contributed by atoms with van der Waals surface area (Å²) in [6.45, 7) is 1.98. The summed E-state index contributed by atoms with van der Waals surface area (Å²) in [6, 6.07) is 11.0. The van der Waals surface area contributed by atoms with Crippen LogP contribution in [0, 0.1) is 6.92 Å². The molecule has 0 unspecified atom stereocenters. The Hall–Kier alpha value is -3.28. The van der Waals surface area contributed by atoms with E-state index in [0.717, 1.165) is 40.6 Å². The van der Waals surface area contributed by atoms with Crippen molar-refractivity contribution in [1.82, 2.24) is 4.40 Å². The number of benzene rings is 1. The van der Waals surface area contributed by atoms with E-state index in [-0.39, 0.29) is 5.75 Å². The average molecular weight is 350 g/mol. The molecule has 2 aromatic heterocycles. The molecule has 0 amide bonds. The minimum Gasteiger partial charge on any atom is -0.449 e. The van der Waals surface area contributed by atoms with Gasteiger partial charge in [0.2, 0.25) is 0 Å². The van der Waals surface area contributed by atoms with Gasteiger partial charge in [0.15, 0.2) is 5.75 Å². The van der Waals surface area contributed by atoms with Crippen LogP contribution in [0.1, 0.15) is 29.9 Å². The number of ether oxygens (including phenoxy) is 1. The Labute approximate surface area is 149 Å². The normalized spacial score (nSPS) is 13.7. The van der Waals surface area contributed by atoms with E-state index in [9.17, 15) is 9.59 Å². The number of pyridine rings is 2. The number of anilines is 1. The molecule has 0 saturated heterocycles. The molecular weight excluding hydrogens is 332 g/mol. The van der Waals surface area contributed by atoms with Gasteiger partial charge in [-0.15, -0.1) is 0 Å². The van der Waals surface area contributed by atoms with Crippen molar-refractivity contribution in [2.24, 2.45) is 0 Å². The van der Waals surface area contributed by atoms with Crippen LogP contribution in [-0.2, 0) is 0 Å². The van der Waals surface area contributed by atoms with Crippen molar-refractivity contribution in [2.45, 2.75) is 25.7 Å². The number of fused-ring (bicyclic) bond motifs is 1. The Morgan fingerprint density at radius 3 is 2.54 bits per heavy atom. The van der Waals surface area contributed by atoms with Crippen LogP contribution in [0.5, 0.6) is 5.75 Å². The lowest BCUT2D eigenvalue weighted by atomic mass is 9.97. The Morgan fingerprint density at radius 2 is 1.92 bits per heavy atom. The third kappa shape index (κ3) is 2.69. The Balaban J connectivity index is 1.99. The zero-order chi connectivity index (χ0) is 18.4. The molecule has 2 heterocycles. The summed E-state index contributed by atoms with van der Waals surface area (Å²) < 4.78 is 6.20. The van der Waals surface area contributed by atoms with Crippen LogP contribution in [0.4, 0.5) is 10.5 Å². The third-order valence-corrected chi connectivity index (χ3v) is 4.82. The second kappa shape index (κ2) is 5.91. The maximum Gasteiger partial charge on any atom is 0.511 e. The van der Waals surface area contributed by atoms with E-state index in [2.05, 4.69) is 0 Å². The van der Waals surface area contributed by atoms with Crippen LogP contribution in [0.15, 0.2) is 47.4 Å². The van der Waals surface area contributed by atoms with E-state index >= 15 is 0 Å². The number of rotatable bonds is 3. The first-order chi connectivity index (χ1) is 12.5. The lowest BCUT2D eigenvalue weighted by Gasteiger charge is -2.15. The number of nitrogens with two attached hydrogens (primary N) is 1. The first kappa shape index (κ1) is 16.2. The van der Waals surface area contributed by atoms with Gasteiger partial charge in [0.25, 0.3) is 5.56 Å². The van der Waals surface area contributed by atoms with Crippen LogP contribution in [-0.4, -0.2) is 15.7 Å². The Kier molecular flexibility index (Phi) is 3.68. The van der Waals surface area contributed by atoms with Crippen molar-refractivity contribution in [3.8, 4) is 16.9 Å². The van der Waals surface area contributed by atoms with Crippen molar-refractivity contribution < 1.29 is 14.6 Å². The minimum absolute atomic E-state index is 0.156. The summed E-state index contributed by atoms with van der Waals surface area (Å²) >= 11 is 0. The van der Waals surface area contributed by atoms with Crippen LogP contribution in [0.2, 0.25) is 0 Å². The number of carboxylic acid groups (broad SMARTS) is 1. The van der Waals surface area contributed by atoms with Crippen molar-refractivity contribution in [2.75, 3.05) is 5.73 Å². The molecule has 1 aliphatic carbocycles. The molecule has 1 aliphatic rings. The molecule has 0 radical (unpaired) electrons. The van der Waals surface area contributed by atoms with Crippen LogP contribution in [0.3, 0.4) is 0 Å². The highest BCUT2D eigenvalue weighted by Crippen LogP contribution is 2.44. The first-order valence-electron chi connectivity index (χ1n) is 8.41. The molecule has 6 heteroatoms. The largest absolute Gasteiger partial charge is 0.511 e. The summed E-state index contributed by atoms with van der Waals surface area (Å²) in [5.41, 5.74) is 10.8. The summed E-state index contributed by atoms with van der Waals surface area (Å²) in [5.74, 6) is 0.165. The molecule has 132 valence electrons. The molecule has 0 spiro atoms. The van der Waals surface area contributed by atoms with E-state index in [1.54, 1.807) is 12.3 Å². The van der Waals surface area contributed by atoms with Gasteiger partial charge in [0.1, 0.15) is 0 Å². The Bertz CT molecular complexity index is 1080. The lowest BCUT2D eigenvalue weighted by Crippen LogP contribution is -2.20. The molecule has 6 nitrogen and oxygen atoms in total. The standard InChI is InChI=1S/C20H18N2O4/c1-11-15(12-4-6-14(21)7-5-12)8-9-22-18(11)16(13-2-3-13)10-17(19(22)23)26-20(24)25/h4-10,13H,2-3,21H2,1H3,(H,24,25). The van der Waals surface area contributed by atoms with Crippen molar-refractivity contribution in [1.29, 1.82) is 0 Å². The van der Waals surface area contributed by atoms with E-state index < -0.39 is 11.7 Å². The molecule has 1 fully saturated rings. The van der Waals surface area contributed by atoms with Crippen molar-refractivity contribution in [3.63, 3.8) is 0 Å². The zero-order valence-corrected chi connectivity index (χ0v) is 14.2. The molecule has 0 bridgehead atoms. The first-order valence-corrected chi connectivity index (χ1v) is 8.41. The second-order valence-corrected chi connectivity index (χ2v) is 6.61. The number of carbonyl (C=O) groups is 1. The molecule has 0 atom stereocenters. The van der Waals surface area contributed by atoms with Gasteiger partial charge in [-0.05, 0) is 72.2 Å². The summed E-state index contributed by atoms with van der Waals surface area (Å²) in [4.78, 5) is 23.6. The van der Waals surface area contributed by atoms with Gasteiger partial charge in [0.05, 0.1) is 5.52 Å². The van der Waals surface area contributed by atoms with Crippen molar-refractivity contribution in [3.05, 3.63) is 64.1 Å². The van der Waals surface area contributed by atoms with E-state index in [4.69, 9.17) is 15.6 Å². The average Bonchev–Trinajstić information content (AvgIpc) is 3.43. The van der Waals surface area contributed by atoms with Crippen LogP contribution < -0.4 is 16.0 Å². The molecule has 1 aromatic carbocycles. The number of hydrogen-bond acceptors (Lipinski definition) is 4. The molecule has 1 saturated carbocycles. The molecule has 26 heavy (non-hydrogen) atoms. The maximum atomic E-state index is 12.7. The monoisotopic (exact) mass is 350 g/mol. The smallest absolute Gasteiger partial charge is 0.449 e. The van der Waals surface area contributed by atoms with E-state index in [0.29, 0.717) is 11.6 Å². The minimum atomic E-state index is -1.49. The van der Waals surface area contributed by atoms with Gasteiger partial charge in [-0.2, -0.15) is 0 Å². The quantitative estimate of drug-likeness (QED) is 0.553. The van der Waals surface area contributed by atoms with Gasteiger partial charge >= 0.3 is 6.16 Å². The van der Waals surface area contributed by atoms with Gasteiger partial charge < -0.3 is 15.6 Å². The predicted octanol–water partition coefficient (Wildman–Crippen LogP) is 3.79. The fourth-order valence-electron chi connectivity index (χ4n) is 3.42. The van der Waals surface area contributed by atoms with Gasteiger partial charge in [-0.1, -0.05) is 12.1 Å². The highest BCUT2D eigenvalue weighted by molar-refractivity contribution is 5.78. The zero-order valence-electron chi connectivity index (χ0n) is 14.2. The molecule has 0 aliphatic heterocycles. The SMILES string of the molecule is Cc1c(-c2ccc(N)cc2)ccn2c(=O)c(OC(=O)O)cc(C3CC3)c12. The number of nitrogens with zero attached hydrogens (tertiary/aromatic N) is 1. The molecule has 3 aromatic rings. The number of aryl methyl sites for hydroxylation is 1. The fourth-order valence-corrected chi connectivity index (χ4v) is 3.42. The van der Waals surface area contributed by atoms with Gasteiger partial charge in [0, 0.05) is 11.9 Å². The summed E-state index contributed by atoms with van der Waals surface area (Å²) in [5, 5.41) is 8.90. The molecule has 4 rings (SSSR count). The van der Waals surface area contributed by atoms with Crippen LogP contribution >= 0.6 is 0 Å². The summed E-state index contributed by atoms with van der Waals surface area (Å²) in [6.07, 6.45) is 2.23. The topological polar surface area (TPSA) is 94.0 Å². The van der Waals surface area contributed by atoms with Gasteiger partial charge in [-0.3, -0.25) is 9.20 Å². The molecule has 3 N–H and O–H groups in total. The number of aromatic nitrogens is 1. The molecular formula is C20H18N2O4. The predicted molar refractivity (Wildman–Crippen MR) is 98.9 cm³/mol. The fraction of sp³-hybridized carbons (Fsp3) is 0.200. The third-order valence-electron chi connectivity index (χ3n) is 4.82. The highest BCUT2D eigenvalue weighted by atomic mass is 16.7. The van der Waals surface area contributed by atoms with E-state index in [1.807, 2.05) is 37.3 Å². The Morgan fingerprint density at radius 1 is 1.23 bits per heavy atom. The second-order valence-electron chi connectivity index (χ2n) is 6.61. The lowest BCUT2D eigenvalue weighted by molar-refractivity contribution is 0.143. The highest BCUT2D eigenvalue weighted by Gasteiger charge is 2.29. The van der Waals surface area contributed by atoms with Crippen LogP contribution in [0.25, 0.3) is 16.6 Å². The van der Waals surface area contributed by atoms with E-state index in [1.165, 1.54) is 4.40 Å². The number of hydrogen-bond donors (Lipinski definition) is 2.